The number of hydrogen-bond acceptors (Lipinski definition) is 6. The molecule has 0 saturated heterocycles. The normalized spacial score (nSPS) is 10.5. The molecule has 0 saturated carbocycles. The molecule has 1 amide bonds. The molecule has 3 aromatic rings. The van der Waals surface area contributed by atoms with E-state index in [1.807, 2.05) is 6.92 Å². The maximum Gasteiger partial charge on any atom is 0.291 e. The zero-order valence-electron chi connectivity index (χ0n) is 14.1. The predicted molar refractivity (Wildman–Crippen MR) is 95.0 cm³/mol. The number of methoxy groups -OCH3 is 1. The number of nitro benzene ring substituents is 1. The van der Waals surface area contributed by atoms with Crippen molar-refractivity contribution in [2.75, 3.05) is 19.0 Å². The van der Waals surface area contributed by atoms with Crippen LogP contribution in [0.3, 0.4) is 0 Å². The van der Waals surface area contributed by atoms with Gasteiger partial charge in [-0.05, 0) is 25.1 Å². The van der Waals surface area contributed by atoms with Gasteiger partial charge in [0.2, 0.25) is 0 Å². The second kappa shape index (κ2) is 7.14. The molecule has 0 spiro atoms. The van der Waals surface area contributed by atoms with Crippen molar-refractivity contribution in [2.45, 2.75) is 6.92 Å². The molecule has 2 aromatic carbocycles. The van der Waals surface area contributed by atoms with Crippen LogP contribution < -0.4 is 14.8 Å². The van der Waals surface area contributed by atoms with Crippen molar-refractivity contribution < 1.29 is 23.6 Å². The van der Waals surface area contributed by atoms with Crippen molar-refractivity contribution in [3.05, 3.63) is 58.3 Å². The zero-order chi connectivity index (χ0) is 18.7. The molecule has 8 heteroatoms. The number of rotatable bonds is 6. The molecule has 0 radical (unpaired) electrons. The average Bonchev–Trinajstić information content (AvgIpc) is 3.07. The van der Waals surface area contributed by atoms with Crippen LogP contribution in [0.5, 0.6) is 11.5 Å². The van der Waals surface area contributed by atoms with Crippen molar-refractivity contribution in [2.24, 2.45) is 0 Å². The topological polar surface area (TPSA) is 104 Å². The maximum atomic E-state index is 12.5. The number of amides is 1. The first-order valence-corrected chi connectivity index (χ1v) is 7.82. The Morgan fingerprint density at radius 3 is 2.73 bits per heavy atom. The predicted octanol–water partition coefficient (Wildman–Crippen LogP) is 4.00. The molecule has 0 aliphatic heterocycles. The van der Waals surface area contributed by atoms with E-state index in [4.69, 9.17) is 13.9 Å². The highest BCUT2D eigenvalue weighted by Gasteiger charge is 2.18. The van der Waals surface area contributed by atoms with Crippen LogP contribution in [0.1, 0.15) is 17.5 Å². The van der Waals surface area contributed by atoms with Crippen molar-refractivity contribution in [1.82, 2.24) is 0 Å². The number of hydrogen-bond donors (Lipinski definition) is 1. The number of nitro groups is 1. The highest BCUT2D eigenvalue weighted by atomic mass is 16.6. The molecule has 1 aromatic heterocycles. The molecule has 0 bridgehead atoms. The largest absolute Gasteiger partial charge is 0.495 e. The summed E-state index contributed by atoms with van der Waals surface area (Å²) in [5.41, 5.74) is 0.479. The summed E-state index contributed by atoms with van der Waals surface area (Å²) in [6.45, 7) is 2.32. The number of furan rings is 1. The van der Waals surface area contributed by atoms with Crippen LogP contribution in [0, 0.1) is 10.1 Å². The molecular formula is C18H16N2O6. The summed E-state index contributed by atoms with van der Waals surface area (Å²) in [5, 5.41) is 14.2. The van der Waals surface area contributed by atoms with Gasteiger partial charge >= 0.3 is 0 Å². The van der Waals surface area contributed by atoms with E-state index < -0.39 is 10.8 Å². The number of fused-ring (bicyclic) bond motifs is 1. The molecule has 3 rings (SSSR count). The van der Waals surface area contributed by atoms with Gasteiger partial charge in [0, 0.05) is 17.5 Å². The van der Waals surface area contributed by atoms with E-state index in [-0.39, 0.29) is 17.1 Å². The summed E-state index contributed by atoms with van der Waals surface area (Å²) in [7, 11) is 1.41. The Morgan fingerprint density at radius 1 is 1.23 bits per heavy atom. The molecule has 8 nitrogen and oxygen atoms in total. The van der Waals surface area contributed by atoms with E-state index >= 15 is 0 Å². The minimum absolute atomic E-state index is 0.0562. The fraction of sp³-hybridized carbons (Fsp3) is 0.167. The third-order valence-corrected chi connectivity index (χ3v) is 3.67. The van der Waals surface area contributed by atoms with Gasteiger partial charge in [0.05, 0.1) is 24.3 Å². The highest BCUT2D eigenvalue weighted by molar-refractivity contribution is 6.05. The Hall–Kier alpha value is -3.55. The Labute approximate surface area is 148 Å². The molecule has 0 atom stereocenters. The summed E-state index contributed by atoms with van der Waals surface area (Å²) in [6, 6.07) is 10.9. The lowest BCUT2D eigenvalue weighted by Gasteiger charge is -2.08. The van der Waals surface area contributed by atoms with E-state index in [0.717, 1.165) is 0 Å². The molecule has 0 aliphatic carbocycles. The lowest BCUT2D eigenvalue weighted by molar-refractivity contribution is -0.384. The summed E-state index contributed by atoms with van der Waals surface area (Å²) >= 11 is 0. The maximum absolute atomic E-state index is 12.5. The van der Waals surface area contributed by atoms with Crippen molar-refractivity contribution in [3.8, 4) is 11.5 Å². The first-order valence-electron chi connectivity index (χ1n) is 7.82. The molecule has 1 heterocycles. The number of carbonyl (C=O) groups is 1. The quantitative estimate of drug-likeness (QED) is 0.529. The summed E-state index contributed by atoms with van der Waals surface area (Å²) in [6.07, 6.45) is 0. The fourth-order valence-corrected chi connectivity index (χ4v) is 2.51. The van der Waals surface area contributed by atoms with Crippen LogP contribution in [0.15, 0.2) is 46.9 Å². The fourth-order valence-electron chi connectivity index (χ4n) is 2.51. The van der Waals surface area contributed by atoms with Gasteiger partial charge in [-0.3, -0.25) is 14.9 Å². The van der Waals surface area contributed by atoms with Crippen LogP contribution in [0.4, 0.5) is 11.4 Å². The van der Waals surface area contributed by atoms with E-state index in [9.17, 15) is 14.9 Å². The third kappa shape index (κ3) is 3.30. The molecule has 26 heavy (non-hydrogen) atoms. The summed E-state index contributed by atoms with van der Waals surface area (Å²) in [4.78, 5) is 22.9. The van der Waals surface area contributed by atoms with Gasteiger partial charge in [-0.1, -0.05) is 12.1 Å². The lowest BCUT2D eigenvalue weighted by atomic mass is 10.2. The molecule has 0 unspecified atom stereocenters. The Balaban J connectivity index is 1.93. The van der Waals surface area contributed by atoms with Gasteiger partial charge in [0.15, 0.2) is 17.1 Å². The standard InChI is InChI=1S/C18H16N2O6/c1-3-25-15-6-4-5-11-9-16(26-17(11)15)18(21)19-13-10-12(20(22)23)7-8-14(13)24-2/h4-10H,3H2,1-2H3,(H,19,21). The minimum atomic E-state index is -0.553. The summed E-state index contributed by atoms with van der Waals surface area (Å²) < 4.78 is 16.3. The monoisotopic (exact) mass is 356 g/mol. The summed E-state index contributed by atoms with van der Waals surface area (Å²) in [5.74, 6) is 0.343. The zero-order valence-corrected chi connectivity index (χ0v) is 14.1. The van der Waals surface area contributed by atoms with Crippen molar-refractivity contribution >= 4 is 28.3 Å². The Morgan fingerprint density at radius 2 is 2.04 bits per heavy atom. The number of non-ortho nitro benzene ring substituents is 1. The van der Waals surface area contributed by atoms with E-state index in [0.29, 0.717) is 29.1 Å². The SMILES string of the molecule is CCOc1cccc2cc(C(=O)Nc3cc([N+](=O)[O-])ccc3OC)oc12. The van der Waals surface area contributed by atoms with Gasteiger partial charge in [-0.15, -0.1) is 0 Å². The smallest absolute Gasteiger partial charge is 0.291 e. The molecule has 1 N–H and O–H groups in total. The first-order chi connectivity index (χ1) is 12.5. The number of nitrogens with zero attached hydrogens (tertiary/aromatic N) is 1. The van der Waals surface area contributed by atoms with Crippen LogP contribution in [0.25, 0.3) is 11.0 Å². The second-order valence-electron chi connectivity index (χ2n) is 5.31. The van der Waals surface area contributed by atoms with Gasteiger partial charge < -0.3 is 19.2 Å². The minimum Gasteiger partial charge on any atom is -0.495 e. The molecule has 0 fully saturated rings. The van der Waals surface area contributed by atoms with Crippen LogP contribution in [-0.2, 0) is 0 Å². The second-order valence-corrected chi connectivity index (χ2v) is 5.31. The third-order valence-electron chi connectivity index (χ3n) is 3.67. The molecule has 134 valence electrons. The number of para-hydroxylation sites is 1. The van der Waals surface area contributed by atoms with E-state index in [1.165, 1.54) is 25.3 Å². The van der Waals surface area contributed by atoms with Crippen LogP contribution in [0.2, 0.25) is 0 Å². The number of carbonyl (C=O) groups excluding carboxylic acids is 1. The van der Waals surface area contributed by atoms with Crippen LogP contribution >= 0.6 is 0 Å². The first kappa shape index (κ1) is 17.3. The number of anilines is 1. The number of nitrogens with one attached hydrogen (secondary N) is 1. The number of benzene rings is 2. The van der Waals surface area contributed by atoms with E-state index in [2.05, 4.69) is 5.32 Å². The van der Waals surface area contributed by atoms with Crippen molar-refractivity contribution in [1.29, 1.82) is 0 Å². The van der Waals surface area contributed by atoms with Crippen LogP contribution in [-0.4, -0.2) is 24.5 Å². The van der Waals surface area contributed by atoms with Gasteiger partial charge in [0.25, 0.3) is 11.6 Å². The number of ether oxygens (including phenoxy) is 2. The highest BCUT2D eigenvalue weighted by Crippen LogP contribution is 2.31. The Kier molecular flexibility index (Phi) is 4.74. The lowest BCUT2D eigenvalue weighted by Crippen LogP contribution is -2.12. The average molecular weight is 356 g/mol. The van der Waals surface area contributed by atoms with E-state index in [1.54, 1.807) is 24.3 Å². The van der Waals surface area contributed by atoms with Gasteiger partial charge in [0.1, 0.15) is 5.75 Å². The Bertz CT molecular complexity index is 979. The van der Waals surface area contributed by atoms with Crippen molar-refractivity contribution in [3.63, 3.8) is 0 Å². The van der Waals surface area contributed by atoms with Gasteiger partial charge in [-0.25, -0.2) is 0 Å². The van der Waals surface area contributed by atoms with Gasteiger partial charge in [-0.2, -0.15) is 0 Å². The molecule has 0 aliphatic rings. The molecular weight excluding hydrogens is 340 g/mol.